The Morgan fingerprint density at radius 1 is 1.02 bits per heavy atom. The van der Waals surface area contributed by atoms with E-state index in [0.29, 0.717) is 41.3 Å². The number of benzene rings is 2. The third-order valence-electron chi connectivity index (χ3n) is 9.81. The third-order valence-corrected chi connectivity index (χ3v) is 9.81. The molecule has 0 radical (unpaired) electrons. The zero-order valence-electron chi connectivity index (χ0n) is 29.4. The van der Waals surface area contributed by atoms with Crippen molar-refractivity contribution in [1.82, 2.24) is 10.2 Å². The number of aliphatic hydroxyl groups excluding tert-OH is 2. The molecule has 1 aliphatic carbocycles. The number of ether oxygens (including phenoxy) is 10. The number of aliphatic hydroxyl groups is 2. The number of fused-ring (bicyclic) bond motifs is 3. The van der Waals surface area contributed by atoms with Gasteiger partial charge >= 0.3 is 6.09 Å². The zero-order valence-corrected chi connectivity index (χ0v) is 29.4. The molecule has 2 aromatic rings. The van der Waals surface area contributed by atoms with Crippen LogP contribution in [0.4, 0.5) is 4.79 Å². The van der Waals surface area contributed by atoms with Gasteiger partial charge in [-0.15, -0.1) is 0 Å². The van der Waals surface area contributed by atoms with E-state index in [4.69, 9.17) is 47.4 Å². The first kappa shape index (κ1) is 37.0. The van der Waals surface area contributed by atoms with E-state index in [-0.39, 0.29) is 37.3 Å². The average molecular weight is 719 g/mol. The van der Waals surface area contributed by atoms with Crippen LogP contribution in [0.1, 0.15) is 35.6 Å². The number of likely N-dealkylation sites (N-methyl/N-ethyl adjacent to an activating group) is 2. The topological polar surface area (TPSA) is 182 Å². The molecule has 0 saturated carbocycles. The first-order valence-corrected chi connectivity index (χ1v) is 16.8. The number of amides is 1. The Balaban J connectivity index is 1.42. The zero-order chi connectivity index (χ0) is 36.4. The van der Waals surface area contributed by atoms with Gasteiger partial charge in [-0.25, -0.2) is 4.79 Å². The van der Waals surface area contributed by atoms with Gasteiger partial charge in [0.1, 0.15) is 30.7 Å². The van der Waals surface area contributed by atoms with E-state index >= 15 is 0 Å². The molecule has 51 heavy (non-hydrogen) atoms. The van der Waals surface area contributed by atoms with E-state index in [1.807, 2.05) is 0 Å². The van der Waals surface area contributed by atoms with E-state index in [2.05, 4.69) is 5.32 Å². The molecule has 3 aliphatic heterocycles. The summed E-state index contributed by atoms with van der Waals surface area (Å²) in [6.45, 7) is 2.86. The first-order chi connectivity index (χ1) is 24.6. The van der Waals surface area contributed by atoms with Crippen LogP contribution in [0.15, 0.2) is 24.3 Å². The molecular weight excluding hydrogens is 672 g/mol. The van der Waals surface area contributed by atoms with Crippen molar-refractivity contribution in [1.29, 1.82) is 0 Å². The maximum Gasteiger partial charge on any atom is 0.415 e. The van der Waals surface area contributed by atoms with E-state index in [0.717, 1.165) is 6.29 Å². The lowest BCUT2D eigenvalue weighted by Gasteiger charge is -2.48. The third kappa shape index (κ3) is 7.19. The highest BCUT2D eigenvalue weighted by molar-refractivity contribution is 5.74. The minimum atomic E-state index is -1.48. The van der Waals surface area contributed by atoms with E-state index < -0.39 is 66.9 Å². The molecule has 16 heteroatoms. The Bertz CT molecular complexity index is 1530. The quantitative estimate of drug-likeness (QED) is 0.269. The summed E-state index contributed by atoms with van der Waals surface area (Å²) in [5, 5.41) is 25.2. The van der Waals surface area contributed by atoms with Crippen molar-refractivity contribution >= 4 is 12.4 Å². The van der Waals surface area contributed by atoms with Crippen molar-refractivity contribution < 1.29 is 67.2 Å². The fraction of sp³-hybridized carbons (Fsp3) is 0.600. The van der Waals surface area contributed by atoms with Gasteiger partial charge in [0.2, 0.25) is 12.5 Å². The Kier molecular flexibility index (Phi) is 11.5. The molecule has 1 amide bonds. The van der Waals surface area contributed by atoms with Crippen molar-refractivity contribution in [2.45, 2.75) is 55.9 Å². The second-order valence-electron chi connectivity index (χ2n) is 12.9. The number of methoxy groups -OCH3 is 3. The van der Waals surface area contributed by atoms with Gasteiger partial charge in [-0.3, -0.25) is 0 Å². The van der Waals surface area contributed by atoms with Gasteiger partial charge in [0.05, 0.1) is 33.5 Å². The number of aldehydes is 1. The molecule has 16 nitrogen and oxygen atoms in total. The second kappa shape index (κ2) is 15.9. The molecule has 4 aliphatic rings. The summed E-state index contributed by atoms with van der Waals surface area (Å²) < 4.78 is 58.4. The van der Waals surface area contributed by atoms with Crippen molar-refractivity contribution in [2.24, 2.45) is 11.8 Å². The van der Waals surface area contributed by atoms with Gasteiger partial charge in [-0.05, 0) is 54.9 Å². The molecule has 0 bridgehead atoms. The molecule has 280 valence electrons. The lowest BCUT2D eigenvalue weighted by molar-refractivity contribution is -0.365. The number of hydrogen-bond donors (Lipinski definition) is 3. The monoisotopic (exact) mass is 718 g/mol. The van der Waals surface area contributed by atoms with Crippen LogP contribution >= 0.6 is 0 Å². The summed E-state index contributed by atoms with van der Waals surface area (Å²) in [4.78, 5) is 27.7. The Hall–Kier alpha value is -3.74. The fourth-order valence-electron chi connectivity index (χ4n) is 7.19. The van der Waals surface area contributed by atoms with Gasteiger partial charge in [0.25, 0.3) is 0 Å². The molecule has 2 fully saturated rings. The molecule has 2 aromatic carbocycles. The Morgan fingerprint density at radius 2 is 1.71 bits per heavy atom. The number of carbonyl (C=O) groups is 2. The van der Waals surface area contributed by atoms with Crippen LogP contribution < -0.4 is 29.0 Å². The second-order valence-corrected chi connectivity index (χ2v) is 12.9. The molecule has 6 unspecified atom stereocenters. The number of carbonyl (C=O) groups excluding carboxylic acids is 2. The highest BCUT2D eigenvalue weighted by atomic mass is 16.8. The lowest BCUT2D eigenvalue weighted by Crippen LogP contribution is -2.63. The van der Waals surface area contributed by atoms with E-state index in [1.165, 1.54) is 26.2 Å². The van der Waals surface area contributed by atoms with E-state index in [1.54, 1.807) is 45.3 Å². The Morgan fingerprint density at radius 3 is 2.33 bits per heavy atom. The standard InChI is InChI=1S/C35H46N2O14/c1-17-45-15-27-33(48-17)29(39)30(40)34(49-27)50-31-20-12-24-23(46-16-47-24)11-19(20)28(21(13-38)22(31)14-42-4)18-9-25(43-5)32(26(10-18)44-6)51-35(41)37(3)8-7-36-2/h9-13,17,21-22,27-31,33-34,36,39-40H,7-8,14-16H2,1-6H3/t17?,21-,22-,27?,28+,29?,30?,31+,33?,34?/m1/s1. The van der Waals surface area contributed by atoms with Crippen molar-refractivity contribution in [3.8, 4) is 28.7 Å². The SMILES string of the molecule is CNCCN(C)C(=O)Oc1c(OC)cc([C@H]2c3cc4c(cc3[C@H](OC3OC5COC(C)OC5C(O)C3O)[C@H](COC)[C@H]2C=O)OCO4)cc1OC. The number of rotatable bonds is 12. The molecule has 3 N–H and O–H groups in total. The summed E-state index contributed by atoms with van der Waals surface area (Å²) >= 11 is 0. The van der Waals surface area contributed by atoms with Crippen LogP contribution in [0.3, 0.4) is 0 Å². The maximum absolute atomic E-state index is 13.3. The van der Waals surface area contributed by atoms with Crippen molar-refractivity contribution in [3.05, 3.63) is 41.0 Å². The minimum absolute atomic E-state index is 0.00433. The summed E-state index contributed by atoms with van der Waals surface area (Å²) in [5.74, 6) is -0.608. The van der Waals surface area contributed by atoms with Gasteiger partial charge in [-0.1, -0.05) is 0 Å². The largest absolute Gasteiger partial charge is 0.493 e. The molecule has 2 saturated heterocycles. The van der Waals surface area contributed by atoms with Gasteiger partial charge in [0.15, 0.2) is 35.6 Å². The van der Waals surface area contributed by atoms with Gasteiger partial charge < -0.3 is 72.6 Å². The average Bonchev–Trinajstić information content (AvgIpc) is 3.60. The molecule has 0 spiro atoms. The number of hydrogen-bond acceptors (Lipinski definition) is 15. The predicted octanol–water partition coefficient (Wildman–Crippen LogP) is 1.57. The van der Waals surface area contributed by atoms with Crippen LogP contribution in [-0.4, -0.2) is 133 Å². The smallest absolute Gasteiger partial charge is 0.415 e. The summed E-state index contributed by atoms with van der Waals surface area (Å²) in [6.07, 6.45) is -6.88. The predicted molar refractivity (Wildman–Crippen MR) is 176 cm³/mol. The maximum atomic E-state index is 13.3. The van der Waals surface area contributed by atoms with E-state index in [9.17, 15) is 19.8 Å². The number of nitrogens with one attached hydrogen (secondary N) is 1. The summed E-state index contributed by atoms with van der Waals surface area (Å²) in [6, 6.07) is 6.99. The highest BCUT2D eigenvalue weighted by Gasteiger charge is 2.52. The van der Waals surface area contributed by atoms with Gasteiger partial charge in [0, 0.05) is 45.0 Å². The van der Waals surface area contributed by atoms with Crippen LogP contribution in [0.2, 0.25) is 0 Å². The summed E-state index contributed by atoms with van der Waals surface area (Å²) in [7, 11) is 7.81. The van der Waals surface area contributed by atoms with Crippen LogP contribution in [-0.2, 0) is 28.5 Å². The van der Waals surface area contributed by atoms with Crippen LogP contribution in [0, 0.1) is 11.8 Å². The highest BCUT2D eigenvalue weighted by Crippen LogP contribution is 2.55. The first-order valence-electron chi connectivity index (χ1n) is 16.8. The summed E-state index contributed by atoms with van der Waals surface area (Å²) in [5.41, 5.74) is 1.90. The Labute approximate surface area is 295 Å². The molecule has 3 heterocycles. The van der Waals surface area contributed by atoms with Crippen LogP contribution in [0.25, 0.3) is 0 Å². The number of nitrogens with zero attached hydrogens (tertiary/aromatic N) is 1. The van der Waals surface area contributed by atoms with Gasteiger partial charge in [-0.2, -0.15) is 0 Å². The fourth-order valence-corrected chi connectivity index (χ4v) is 7.19. The molecule has 0 aromatic heterocycles. The molecule has 10 atom stereocenters. The van der Waals surface area contributed by atoms with Crippen molar-refractivity contribution in [3.63, 3.8) is 0 Å². The lowest BCUT2D eigenvalue weighted by atomic mass is 9.65. The minimum Gasteiger partial charge on any atom is -0.493 e. The molecule has 6 rings (SSSR count). The molecular formula is C35H46N2O14. The van der Waals surface area contributed by atoms with Crippen molar-refractivity contribution in [2.75, 3.05) is 68.5 Å². The normalized spacial score (nSPS) is 30.9. The van der Waals surface area contributed by atoms with Crippen LogP contribution in [0.5, 0.6) is 28.7 Å².